The number of hydrogen-bond donors (Lipinski definition) is 16. The number of carbonyl (C=O) groups is 3. The summed E-state index contributed by atoms with van der Waals surface area (Å²) in [5.41, 5.74) is -0.261. The molecule has 2 aromatic heterocycles. The fourth-order valence-electron chi connectivity index (χ4n) is 26.0. The molecule has 526 valence electrons. The predicted molar refractivity (Wildman–Crippen MR) is 350 cm³/mol. The van der Waals surface area contributed by atoms with Gasteiger partial charge in [-0.05, 0) is 147 Å². The van der Waals surface area contributed by atoms with Gasteiger partial charge in [-0.25, -0.2) is 9.97 Å². The number of aliphatic hydroxyl groups excluding tert-OH is 8. The number of fused-ring (bicyclic) bond motifs is 8. The summed E-state index contributed by atoms with van der Waals surface area (Å²) < 4.78 is 13.1. The maximum Gasteiger partial charge on any atom is 0.310 e. The van der Waals surface area contributed by atoms with Gasteiger partial charge in [-0.3, -0.25) is 9.59 Å². The van der Waals surface area contributed by atoms with Crippen LogP contribution in [0.25, 0.3) is 0 Å². The summed E-state index contributed by atoms with van der Waals surface area (Å²) in [4.78, 5) is 59.1. The first-order valence-electron chi connectivity index (χ1n) is 36.4. The van der Waals surface area contributed by atoms with Gasteiger partial charge in [0.2, 0.25) is 5.91 Å². The number of hydrogen-bond acceptors (Lipinski definition) is 19. The van der Waals surface area contributed by atoms with Crippen LogP contribution in [0.1, 0.15) is 142 Å². The molecule has 30 atom stereocenters. The van der Waals surface area contributed by atoms with E-state index < -0.39 is 170 Å². The minimum Gasteiger partial charge on any atom is -0.481 e. The van der Waals surface area contributed by atoms with E-state index in [0.29, 0.717) is 108 Å². The largest absolute Gasteiger partial charge is 0.481 e. The van der Waals surface area contributed by atoms with Gasteiger partial charge in [-0.2, -0.15) is 0 Å². The molecule has 3 aliphatic heterocycles. The second kappa shape index (κ2) is 24.0. The van der Waals surface area contributed by atoms with Crippen molar-refractivity contribution < 1.29 is 69.8 Å². The van der Waals surface area contributed by atoms with Crippen LogP contribution in [-0.2, 0) is 35.7 Å². The molecular formula is C73H105N9O14. The third-order valence-corrected chi connectivity index (χ3v) is 30.0. The Bertz CT molecular complexity index is 3430. The highest BCUT2D eigenvalue weighted by Crippen LogP contribution is 2.85. The van der Waals surface area contributed by atoms with Crippen molar-refractivity contribution in [2.24, 2.45) is 114 Å². The number of nitrogens with zero attached hydrogens (tertiary/aromatic N) is 2. The lowest BCUT2D eigenvalue weighted by Crippen LogP contribution is -2.78. The Morgan fingerprint density at radius 2 is 1.75 bits per heavy atom. The average molecular weight is 1330 g/mol. The van der Waals surface area contributed by atoms with E-state index in [1.54, 1.807) is 18.9 Å². The van der Waals surface area contributed by atoms with Gasteiger partial charge in [0, 0.05) is 86.2 Å². The van der Waals surface area contributed by atoms with Crippen LogP contribution in [0.4, 0.5) is 5.82 Å². The quantitative estimate of drug-likeness (QED) is 0.0270. The molecule has 13 aliphatic rings. The Kier molecular flexibility index (Phi) is 16.8. The van der Waals surface area contributed by atoms with Crippen LogP contribution in [0.3, 0.4) is 0 Å². The molecule has 5 heterocycles. The molecule has 2 bridgehead atoms. The van der Waals surface area contributed by atoms with Crippen LogP contribution >= 0.6 is 0 Å². The number of aromatic amines is 2. The highest BCUT2D eigenvalue weighted by molar-refractivity contribution is 5.88. The van der Waals surface area contributed by atoms with Crippen molar-refractivity contribution in [3.63, 3.8) is 0 Å². The number of anilines is 1. The highest BCUT2D eigenvalue weighted by atomic mass is 16.7. The summed E-state index contributed by atoms with van der Waals surface area (Å²) in [6.45, 7) is 9.37. The lowest BCUT2D eigenvalue weighted by molar-refractivity contribution is -0.353. The molecule has 15 rings (SSSR count). The van der Waals surface area contributed by atoms with Crippen molar-refractivity contribution in [3.05, 3.63) is 54.0 Å². The first kappa shape index (κ1) is 67.2. The second-order valence-electron chi connectivity index (χ2n) is 33.8. The van der Waals surface area contributed by atoms with Gasteiger partial charge < -0.3 is 97.2 Å². The first-order chi connectivity index (χ1) is 45.9. The summed E-state index contributed by atoms with van der Waals surface area (Å²) in [7, 11) is 0. The van der Waals surface area contributed by atoms with E-state index in [0.717, 1.165) is 56.1 Å². The highest BCUT2D eigenvalue weighted by Gasteiger charge is 2.83. The van der Waals surface area contributed by atoms with Gasteiger partial charge in [0.05, 0.1) is 77.6 Å². The third-order valence-electron chi connectivity index (χ3n) is 30.0. The molecule has 1 amide bonds. The molecule has 0 aromatic carbocycles. The number of nitrogens with one attached hydrogen (secondary N) is 6. The van der Waals surface area contributed by atoms with E-state index in [2.05, 4.69) is 81.0 Å². The summed E-state index contributed by atoms with van der Waals surface area (Å²) in [6.07, 6.45) is 11.6. The van der Waals surface area contributed by atoms with Gasteiger partial charge in [0.1, 0.15) is 36.6 Å². The van der Waals surface area contributed by atoms with Crippen molar-refractivity contribution in [1.29, 1.82) is 0 Å². The molecule has 10 aliphatic carbocycles. The third kappa shape index (κ3) is 9.13. The van der Waals surface area contributed by atoms with E-state index in [-0.39, 0.29) is 37.6 Å². The first-order valence-corrected chi connectivity index (χ1v) is 36.4. The molecule has 23 nitrogen and oxygen atoms in total. The topological polar surface area (TPSA) is 383 Å². The SMILES string of the molecule is C[C@]1(CO)CC[C@@]2(C(=O)O)[C@@H](C1)C1=C[C@]34C#C[C@H]5CCC[C@]56C(=O)N[C@H]5[C@H]6[C@@H](C=C[C@@]5(c5cnc[nH]5)[C@H](O)[C@H](CNCCN[C@H]5CCC[C@H](CC=O)C5)[C@@H](N)O)[C@@H]5[C@@H](O)[C@@H](O[C@@H]6OC[C@@H](O)[C@H](O)[C@H]6O)[C@@](C)(CO)[C@H]6CC[C@](CCC3)([C@H]4[C@@]56C)[C@]1(C)[C@@H]1Cc3[nH]cnc3NC[C@@H]12. The van der Waals surface area contributed by atoms with E-state index in [1.807, 2.05) is 13.0 Å². The zero-order valence-electron chi connectivity index (χ0n) is 56.2. The zero-order chi connectivity index (χ0) is 67.5. The van der Waals surface area contributed by atoms with Crippen LogP contribution in [0, 0.1) is 120 Å². The summed E-state index contributed by atoms with van der Waals surface area (Å²) >= 11 is 0. The zero-order valence-corrected chi connectivity index (χ0v) is 56.2. The van der Waals surface area contributed by atoms with Gasteiger partial charge in [0.15, 0.2) is 6.29 Å². The van der Waals surface area contributed by atoms with Crippen molar-refractivity contribution in [2.75, 3.05) is 51.3 Å². The number of amides is 1. The monoisotopic (exact) mass is 1330 g/mol. The predicted octanol–water partition coefficient (Wildman–Crippen LogP) is 2.79. The Hall–Kier alpha value is -4.65. The average Bonchev–Trinajstić information content (AvgIpc) is 0.715. The Balaban J connectivity index is 0.939. The number of aliphatic carboxylic acids is 1. The van der Waals surface area contributed by atoms with Crippen LogP contribution in [0.5, 0.6) is 0 Å². The van der Waals surface area contributed by atoms with Crippen molar-refractivity contribution >= 4 is 24.0 Å². The molecular weight excluding hydrogens is 1230 g/mol. The van der Waals surface area contributed by atoms with Gasteiger partial charge in [-0.15, -0.1) is 0 Å². The van der Waals surface area contributed by atoms with Crippen molar-refractivity contribution in [1.82, 2.24) is 35.9 Å². The van der Waals surface area contributed by atoms with E-state index in [4.69, 9.17) is 20.2 Å². The second-order valence-corrected chi connectivity index (χ2v) is 33.8. The number of nitrogens with two attached hydrogens (primary N) is 1. The number of aromatic nitrogens is 4. The summed E-state index contributed by atoms with van der Waals surface area (Å²) in [6, 6.07) is -0.683. The van der Waals surface area contributed by atoms with Gasteiger partial charge in [0.25, 0.3) is 0 Å². The number of H-pyrrole nitrogens is 2. The standard InChI is InChI=1S/C73H105N9O14/c1-65(34-84)21-22-72(64(93)94)45(28-65)44-29-69-15-7-16-70(68(44,4)43-27-47-60(81-37-79-47)78-31-46(43)72)19-13-49-66(2,35-85)58(96-61-55(89)53(87)48(86)33-95-61)54(88)51(67(49,3)62(69)70)41-12-20-73(50-32-76-36-80-50,56-52(41)71(63(92)82-56)17-6-9-39(71)11-18-69)57(90)42(59(74)91)30-75-23-24-77-40-10-5-8-38(26-40)14-25-83/h12,20,25,29,32,36-43,45-46,48-49,51-59,61-62,75,77-78,84-91H,5-10,13-17,19,21-24,26-28,30-31,33-35,74H2,1-4H3,(H,76,80)(H,79,81)(H,82,92)(H,93,94)/t38-,39-,40+,41+,42+,43-,45+,46+,48-,49-,51-,52-,53+,54-,55-,56+,57-,58-,59+,61+,62+,65+,66+,67-,68-,69-,70-,71+,72-,73+/m1/s1. The van der Waals surface area contributed by atoms with Crippen LogP contribution in [0.2, 0.25) is 0 Å². The van der Waals surface area contributed by atoms with Crippen LogP contribution in [-0.4, -0.2) is 191 Å². The smallest absolute Gasteiger partial charge is 0.310 e. The fourth-order valence-corrected chi connectivity index (χ4v) is 26.0. The molecule has 9 fully saturated rings. The molecule has 23 heteroatoms. The molecule has 2 aromatic rings. The number of imidazole rings is 2. The normalized spacial score (nSPS) is 49.5. The van der Waals surface area contributed by atoms with Crippen molar-refractivity contribution in [2.45, 2.75) is 203 Å². The number of carboxylic acid groups (broad SMARTS) is 1. The van der Waals surface area contributed by atoms with E-state index >= 15 is 9.59 Å². The Morgan fingerprint density at radius 3 is 2.50 bits per heavy atom. The fraction of sp³-hybridized carbons (Fsp3) is 0.795. The number of allylic oxidation sites excluding steroid dienone is 3. The van der Waals surface area contributed by atoms with Crippen LogP contribution < -0.4 is 27.0 Å². The number of aldehydes is 1. The molecule has 0 radical (unpaired) electrons. The summed E-state index contributed by atoms with van der Waals surface area (Å²) in [5, 5.41) is 125. The molecule has 17 N–H and O–H groups in total. The lowest BCUT2D eigenvalue weighted by atomic mass is 9.23. The minimum absolute atomic E-state index is 0.0880. The number of carbonyl (C=O) groups excluding carboxylic acids is 2. The molecule has 1 spiro atoms. The molecule has 7 saturated carbocycles. The Labute approximate surface area is 562 Å². The Morgan fingerprint density at radius 1 is 0.927 bits per heavy atom. The van der Waals surface area contributed by atoms with E-state index in [1.165, 1.54) is 0 Å². The maximum absolute atomic E-state index is 16.4. The minimum atomic E-state index is -1.74. The molecule has 2 saturated heterocycles. The summed E-state index contributed by atoms with van der Waals surface area (Å²) in [5.74, 6) is 2.25. The van der Waals surface area contributed by atoms with Crippen LogP contribution in [0.15, 0.2) is 42.7 Å². The molecule has 0 unspecified atom stereocenters. The van der Waals surface area contributed by atoms with Gasteiger partial charge in [-0.1, -0.05) is 82.6 Å². The number of ether oxygens (including phenoxy) is 2. The number of rotatable bonds is 17. The number of aliphatic hydroxyl groups is 8. The van der Waals surface area contributed by atoms with Gasteiger partial charge >= 0.3 is 5.97 Å². The maximum atomic E-state index is 16.4. The lowest BCUT2D eigenvalue weighted by Gasteiger charge is -2.80. The van der Waals surface area contributed by atoms with Crippen molar-refractivity contribution in [3.8, 4) is 11.8 Å². The number of carboxylic acids is 1. The van der Waals surface area contributed by atoms with E-state index in [9.17, 15) is 50.8 Å². The molecule has 96 heavy (non-hydrogen) atoms.